The lowest BCUT2D eigenvalue weighted by atomic mass is 10.2. The molecule has 0 bridgehead atoms. The number of sulfone groups is 1. The molecule has 16 heavy (non-hydrogen) atoms. The molecule has 0 fully saturated rings. The van der Waals surface area contributed by atoms with Gasteiger partial charge in [0.2, 0.25) is 5.91 Å². The van der Waals surface area contributed by atoms with Gasteiger partial charge in [-0.3, -0.25) is 4.79 Å². The number of amides is 1. The van der Waals surface area contributed by atoms with Crippen LogP contribution in [0.1, 0.15) is 20.3 Å². The largest absolute Gasteiger partial charge is 0.356 e. The second-order valence-corrected chi connectivity index (χ2v) is 6.59. The summed E-state index contributed by atoms with van der Waals surface area (Å²) >= 11 is 0. The van der Waals surface area contributed by atoms with Crippen LogP contribution in [0.4, 0.5) is 0 Å². The van der Waals surface area contributed by atoms with Crippen LogP contribution in [0.3, 0.4) is 0 Å². The molecule has 0 heterocycles. The van der Waals surface area contributed by atoms with Crippen molar-refractivity contribution in [2.75, 3.05) is 31.6 Å². The number of carbonyl (C=O) groups is 1. The van der Waals surface area contributed by atoms with Crippen LogP contribution in [0.25, 0.3) is 0 Å². The third kappa shape index (κ3) is 11.5. The van der Waals surface area contributed by atoms with E-state index in [1.54, 1.807) is 0 Å². The second-order valence-electron chi connectivity index (χ2n) is 4.33. The van der Waals surface area contributed by atoms with E-state index in [9.17, 15) is 13.2 Å². The Hall–Kier alpha value is -0.620. The van der Waals surface area contributed by atoms with Crippen molar-refractivity contribution in [3.8, 4) is 0 Å². The standard InChI is InChI=1S/C10H22N2O3S/c1-9(2)8-12-10(13)4-5-11-6-7-16(3,14)15/h9,11H,4-8H2,1-3H3,(H,12,13). The maximum atomic E-state index is 11.2. The van der Waals surface area contributed by atoms with Gasteiger partial charge in [-0.05, 0) is 5.92 Å². The molecule has 5 nitrogen and oxygen atoms in total. The zero-order chi connectivity index (χ0) is 12.6. The van der Waals surface area contributed by atoms with E-state index in [1.807, 2.05) is 13.8 Å². The van der Waals surface area contributed by atoms with E-state index in [-0.39, 0.29) is 11.7 Å². The molecule has 0 saturated carbocycles. The summed E-state index contributed by atoms with van der Waals surface area (Å²) in [7, 11) is -2.91. The van der Waals surface area contributed by atoms with Gasteiger partial charge in [-0.2, -0.15) is 0 Å². The van der Waals surface area contributed by atoms with Crippen LogP contribution in [0, 0.1) is 5.92 Å². The summed E-state index contributed by atoms with van der Waals surface area (Å²) < 4.78 is 21.6. The summed E-state index contributed by atoms with van der Waals surface area (Å²) in [5, 5.41) is 5.71. The number of hydrogen-bond donors (Lipinski definition) is 2. The molecular weight excluding hydrogens is 228 g/mol. The van der Waals surface area contributed by atoms with Crippen LogP contribution in [0.5, 0.6) is 0 Å². The van der Waals surface area contributed by atoms with Gasteiger partial charge >= 0.3 is 0 Å². The highest BCUT2D eigenvalue weighted by Crippen LogP contribution is 1.88. The minimum absolute atomic E-state index is 0.000514. The van der Waals surface area contributed by atoms with Gasteiger partial charge in [0, 0.05) is 32.3 Å². The summed E-state index contributed by atoms with van der Waals surface area (Å²) in [5.41, 5.74) is 0. The first-order chi connectivity index (χ1) is 7.31. The molecule has 0 unspecified atom stereocenters. The minimum Gasteiger partial charge on any atom is -0.356 e. The van der Waals surface area contributed by atoms with Crippen molar-refractivity contribution in [3.05, 3.63) is 0 Å². The van der Waals surface area contributed by atoms with Crippen LogP contribution in [-0.4, -0.2) is 46.0 Å². The highest BCUT2D eigenvalue weighted by Gasteiger charge is 2.03. The van der Waals surface area contributed by atoms with Crippen LogP contribution in [0.2, 0.25) is 0 Å². The first kappa shape index (κ1) is 15.4. The molecule has 2 N–H and O–H groups in total. The molecule has 0 aromatic carbocycles. The lowest BCUT2D eigenvalue weighted by Crippen LogP contribution is -2.31. The van der Waals surface area contributed by atoms with E-state index >= 15 is 0 Å². The van der Waals surface area contributed by atoms with Gasteiger partial charge in [-0.1, -0.05) is 13.8 Å². The van der Waals surface area contributed by atoms with Gasteiger partial charge in [0.15, 0.2) is 0 Å². The number of nitrogens with one attached hydrogen (secondary N) is 2. The molecule has 0 aromatic rings. The Morgan fingerprint density at radius 1 is 1.25 bits per heavy atom. The maximum Gasteiger partial charge on any atom is 0.221 e. The predicted molar refractivity (Wildman–Crippen MR) is 65.0 cm³/mol. The van der Waals surface area contributed by atoms with Crippen molar-refractivity contribution in [1.82, 2.24) is 10.6 Å². The normalized spacial score (nSPS) is 11.8. The fourth-order valence-electron chi connectivity index (χ4n) is 0.991. The summed E-state index contributed by atoms with van der Waals surface area (Å²) in [6, 6.07) is 0. The molecule has 0 aromatic heterocycles. The first-order valence-electron chi connectivity index (χ1n) is 5.46. The van der Waals surface area contributed by atoms with E-state index in [0.29, 0.717) is 32.0 Å². The van der Waals surface area contributed by atoms with Gasteiger partial charge in [0.1, 0.15) is 9.84 Å². The Morgan fingerprint density at radius 2 is 1.88 bits per heavy atom. The monoisotopic (exact) mass is 250 g/mol. The van der Waals surface area contributed by atoms with Crippen molar-refractivity contribution in [2.24, 2.45) is 5.92 Å². The zero-order valence-corrected chi connectivity index (χ0v) is 11.1. The Morgan fingerprint density at radius 3 is 2.38 bits per heavy atom. The smallest absolute Gasteiger partial charge is 0.221 e. The van der Waals surface area contributed by atoms with Crippen molar-refractivity contribution >= 4 is 15.7 Å². The van der Waals surface area contributed by atoms with Crippen molar-refractivity contribution in [1.29, 1.82) is 0 Å². The first-order valence-corrected chi connectivity index (χ1v) is 7.52. The SMILES string of the molecule is CC(C)CNC(=O)CCNCCS(C)(=O)=O. The van der Waals surface area contributed by atoms with Crippen molar-refractivity contribution in [2.45, 2.75) is 20.3 Å². The summed E-state index contributed by atoms with van der Waals surface area (Å²) in [4.78, 5) is 11.2. The number of rotatable bonds is 8. The summed E-state index contributed by atoms with van der Waals surface area (Å²) in [6.07, 6.45) is 1.58. The molecule has 0 rings (SSSR count). The Balaban J connectivity index is 3.42. The maximum absolute atomic E-state index is 11.2. The molecule has 0 aliphatic carbocycles. The average molecular weight is 250 g/mol. The van der Waals surface area contributed by atoms with Gasteiger partial charge in [0.05, 0.1) is 5.75 Å². The highest BCUT2D eigenvalue weighted by molar-refractivity contribution is 7.90. The van der Waals surface area contributed by atoms with Crippen LogP contribution < -0.4 is 10.6 Å². The summed E-state index contributed by atoms with van der Waals surface area (Å²) in [5.74, 6) is 0.559. The molecule has 0 atom stereocenters. The molecule has 0 radical (unpaired) electrons. The van der Waals surface area contributed by atoms with Gasteiger partial charge in [-0.25, -0.2) is 8.42 Å². The third-order valence-electron chi connectivity index (χ3n) is 1.89. The van der Waals surface area contributed by atoms with Crippen molar-refractivity contribution < 1.29 is 13.2 Å². The molecular formula is C10H22N2O3S. The fourth-order valence-corrected chi connectivity index (χ4v) is 1.51. The third-order valence-corrected chi connectivity index (χ3v) is 2.83. The fraction of sp³-hybridized carbons (Fsp3) is 0.900. The van der Waals surface area contributed by atoms with Gasteiger partial charge in [0.25, 0.3) is 0 Å². The lowest BCUT2D eigenvalue weighted by Gasteiger charge is -2.07. The Kier molecular flexibility index (Phi) is 7.33. The lowest BCUT2D eigenvalue weighted by molar-refractivity contribution is -0.121. The molecule has 96 valence electrons. The van der Waals surface area contributed by atoms with E-state index in [2.05, 4.69) is 10.6 Å². The number of carbonyl (C=O) groups excluding carboxylic acids is 1. The Bertz CT molecular complexity index is 299. The second kappa shape index (κ2) is 7.62. The van der Waals surface area contributed by atoms with E-state index in [1.165, 1.54) is 6.26 Å². The molecule has 0 aliphatic rings. The van der Waals surface area contributed by atoms with Gasteiger partial charge in [-0.15, -0.1) is 0 Å². The van der Waals surface area contributed by atoms with Crippen LogP contribution in [-0.2, 0) is 14.6 Å². The highest BCUT2D eigenvalue weighted by atomic mass is 32.2. The predicted octanol–water partition coefficient (Wildman–Crippen LogP) is -0.217. The average Bonchev–Trinajstić information content (AvgIpc) is 2.12. The minimum atomic E-state index is -2.91. The molecule has 1 amide bonds. The molecule has 0 spiro atoms. The van der Waals surface area contributed by atoms with Crippen molar-refractivity contribution in [3.63, 3.8) is 0 Å². The Labute approximate surface area is 97.9 Å². The quantitative estimate of drug-likeness (QED) is 0.584. The summed E-state index contributed by atoms with van der Waals surface area (Å²) in [6.45, 7) is 5.66. The van der Waals surface area contributed by atoms with E-state index in [4.69, 9.17) is 0 Å². The molecule has 0 aliphatic heterocycles. The molecule has 0 saturated heterocycles. The molecule has 6 heteroatoms. The number of hydrogen-bond acceptors (Lipinski definition) is 4. The zero-order valence-electron chi connectivity index (χ0n) is 10.2. The van der Waals surface area contributed by atoms with E-state index < -0.39 is 9.84 Å². The topological polar surface area (TPSA) is 75.3 Å². The van der Waals surface area contributed by atoms with Gasteiger partial charge < -0.3 is 10.6 Å². The van der Waals surface area contributed by atoms with Crippen LogP contribution in [0.15, 0.2) is 0 Å². The van der Waals surface area contributed by atoms with Crippen LogP contribution >= 0.6 is 0 Å². The van der Waals surface area contributed by atoms with E-state index in [0.717, 1.165) is 0 Å².